The Kier molecular flexibility index (Phi) is 7.33. The van der Waals surface area contributed by atoms with Crippen molar-refractivity contribution >= 4 is 21.6 Å². The molecule has 8 heteroatoms. The van der Waals surface area contributed by atoms with Gasteiger partial charge in [-0.1, -0.05) is 18.6 Å². The maximum atomic E-state index is 13.0. The third kappa shape index (κ3) is 6.51. The van der Waals surface area contributed by atoms with Gasteiger partial charge >= 0.3 is 0 Å². The molecule has 1 fully saturated rings. The highest BCUT2D eigenvalue weighted by Gasteiger charge is 2.28. The number of nitrogens with one attached hydrogen (secondary N) is 2. The summed E-state index contributed by atoms with van der Waals surface area (Å²) >= 11 is 0. The molecule has 0 aromatic heterocycles. The molecule has 3 rings (SSSR count). The second kappa shape index (κ2) is 9.78. The van der Waals surface area contributed by atoms with Crippen LogP contribution in [0.5, 0.6) is 0 Å². The molecule has 0 unspecified atom stereocenters. The van der Waals surface area contributed by atoms with Crippen LogP contribution in [-0.2, 0) is 21.2 Å². The molecule has 0 spiro atoms. The van der Waals surface area contributed by atoms with Gasteiger partial charge in [0.25, 0.3) is 10.0 Å². The summed E-state index contributed by atoms with van der Waals surface area (Å²) in [7, 11) is -3.80. The van der Waals surface area contributed by atoms with Crippen LogP contribution in [0.2, 0.25) is 0 Å². The molecule has 2 aromatic carbocycles. The van der Waals surface area contributed by atoms with Crippen LogP contribution in [-0.4, -0.2) is 44.4 Å². The fourth-order valence-corrected chi connectivity index (χ4v) is 4.75. The molecule has 0 bridgehead atoms. The Hall–Kier alpha value is -2.45. The molecule has 0 atom stereocenters. The van der Waals surface area contributed by atoms with Crippen molar-refractivity contribution < 1.29 is 17.6 Å². The van der Waals surface area contributed by atoms with Crippen molar-refractivity contribution in [1.82, 2.24) is 10.2 Å². The van der Waals surface area contributed by atoms with Crippen molar-refractivity contribution in [3.8, 4) is 0 Å². The van der Waals surface area contributed by atoms with Gasteiger partial charge in [0.1, 0.15) is 5.82 Å². The number of rotatable bonds is 8. The van der Waals surface area contributed by atoms with Gasteiger partial charge < -0.3 is 5.32 Å². The minimum absolute atomic E-state index is 0.0197. The number of nitrogens with zero attached hydrogens (tertiary/aromatic N) is 1. The molecule has 0 radical (unpaired) electrons. The van der Waals surface area contributed by atoms with E-state index in [2.05, 4.69) is 28.8 Å². The number of amides is 1. The number of halogens is 1. The van der Waals surface area contributed by atoms with Crippen LogP contribution in [0.1, 0.15) is 38.7 Å². The first-order chi connectivity index (χ1) is 14.7. The van der Waals surface area contributed by atoms with E-state index < -0.39 is 15.8 Å². The van der Waals surface area contributed by atoms with Gasteiger partial charge in [-0.3, -0.25) is 14.4 Å². The van der Waals surface area contributed by atoms with E-state index in [0.29, 0.717) is 12.2 Å². The van der Waals surface area contributed by atoms with Crippen molar-refractivity contribution in [3.63, 3.8) is 0 Å². The molecule has 31 heavy (non-hydrogen) atoms. The first-order valence-corrected chi connectivity index (χ1v) is 12.0. The highest BCUT2D eigenvalue weighted by Crippen LogP contribution is 2.20. The lowest BCUT2D eigenvalue weighted by molar-refractivity contribution is -0.121. The maximum Gasteiger partial charge on any atom is 0.261 e. The predicted molar refractivity (Wildman–Crippen MR) is 120 cm³/mol. The zero-order chi connectivity index (χ0) is 22.5. The number of anilines is 1. The number of carbonyl (C=O) groups excluding carboxylic acids is 1. The molecule has 2 N–H and O–H groups in total. The van der Waals surface area contributed by atoms with Gasteiger partial charge in [-0.2, -0.15) is 0 Å². The topological polar surface area (TPSA) is 78.5 Å². The van der Waals surface area contributed by atoms with Crippen LogP contribution < -0.4 is 10.0 Å². The average Bonchev–Trinajstić information content (AvgIpc) is 2.74. The average molecular weight is 448 g/mol. The summed E-state index contributed by atoms with van der Waals surface area (Å²) in [4.78, 5) is 14.8. The Morgan fingerprint density at radius 1 is 1.00 bits per heavy atom. The summed E-state index contributed by atoms with van der Waals surface area (Å²) in [5.74, 6) is -0.564. The molecule has 1 heterocycles. The number of benzene rings is 2. The Morgan fingerprint density at radius 2 is 1.61 bits per heavy atom. The third-order valence-corrected chi connectivity index (χ3v) is 7.02. The summed E-state index contributed by atoms with van der Waals surface area (Å²) in [6.07, 6.45) is 3.90. The molecule has 0 aliphatic carbocycles. The van der Waals surface area contributed by atoms with E-state index in [1.807, 2.05) is 0 Å². The molecular weight excluding hydrogens is 417 g/mol. The largest absolute Gasteiger partial charge is 0.354 e. The Bertz CT molecular complexity index is 984. The van der Waals surface area contributed by atoms with E-state index in [1.54, 1.807) is 24.3 Å². The summed E-state index contributed by atoms with van der Waals surface area (Å²) in [5.41, 5.74) is 1.08. The zero-order valence-corrected chi connectivity index (χ0v) is 18.8. The lowest BCUT2D eigenvalue weighted by Crippen LogP contribution is -2.53. The summed E-state index contributed by atoms with van der Waals surface area (Å²) in [6, 6.07) is 11.3. The van der Waals surface area contributed by atoms with E-state index in [1.165, 1.54) is 31.4 Å². The highest BCUT2D eigenvalue weighted by molar-refractivity contribution is 7.92. The van der Waals surface area contributed by atoms with E-state index >= 15 is 0 Å². The van der Waals surface area contributed by atoms with Gasteiger partial charge in [-0.15, -0.1) is 0 Å². The van der Waals surface area contributed by atoms with Gasteiger partial charge in [-0.25, -0.2) is 12.8 Å². The minimum Gasteiger partial charge on any atom is -0.354 e. The fourth-order valence-electron chi connectivity index (χ4n) is 3.69. The second-order valence-corrected chi connectivity index (χ2v) is 10.3. The lowest BCUT2D eigenvalue weighted by atomic mass is 9.98. The van der Waals surface area contributed by atoms with Crippen molar-refractivity contribution in [2.75, 3.05) is 24.4 Å². The number of sulfonamides is 1. The van der Waals surface area contributed by atoms with E-state index in [-0.39, 0.29) is 22.8 Å². The van der Waals surface area contributed by atoms with Crippen molar-refractivity contribution in [3.05, 3.63) is 59.9 Å². The number of carbonyl (C=O) groups is 1. The molecule has 2 aromatic rings. The molecule has 0 saturated carbocycles. The monoisotopic (exact) mass is 447 g/mol. The standard InChI is InChI=1S/C23H30FN3O3S/c1-23(2,27-14-4-3-5-15-27)17-25-22(28)16-18-6-10-20(11-7-18)26-31(29,30)21-12-8-19(24)9-13-21/h6-13,26H,3-5,14-17H2,1-2H3,(H,25,28). The molecule has 1 amide bonds. The summed E-state index contributed by atoms with van der Waals surface area (Å²) in [5, 5.41) is 3.02. The highest BCUT2D eigenvalue weighted by atomic mass is 32.2. The quantitative estimate of drug-likeness (QED) is 0.649. The maximum absolute atomic E-state index is 13.0. The van der Waals surface area contributed by atoms with Crippen LogP contribution in [0.15, 0.2) is 53.4 Å². The fraction of sp³-hybridized carbons (Fsp3) is 0.435. The van der Waals surface area contributed by atoms with Crippen molar-refractivity contribution in [1.29, 1.82) is 0 Å². The van der Waals surface area contributed by atoms with Crippen molar-refractivity contribution in [2.45, 2.75) is 50.0 Å². The first kappa shape index (κ1) is 23.2. The van der Waals surface area contributed by atoms with Gasteiger partial charge in [0, 0.05) is 17.8 Å². The molecule has 1 aliphatic rings. The van der Waals surface area contributed by atoms with Crippen LogP contribution in [0.3, 0.4) is 0 Å². The van der Waals surface area contributed by atoms with Crippen LogP contribution in [0.4, 0.5) is 10.1 Å². The minimum atomic E-state index is -3.80. The molecule has 6 nitrogen and oxygen atoms in total. The smallest absolute Gasteiger partial charge is 0.261 e. The summed E-state index contributed by atoms with van der Waals surface area (Å²) < 4.78 is 40.2. The van der Waals surface area contributed by atoms with Crippen LogP contribution >= 0.6 is 0 Å². The SMILES string of the molecule is CC(C)(CNC(=O)Cc1ccc(NS(=O)(=O)c2ccc(F)cc2)cc1)N1CCCCC1. The normalized spacial score (nSPS) is 15.5. The van der Waals surface area contributed by atoms with Gasteiger partial charge in [-0.05, 0) is 81.7 Å². The zero-order valence-electron chi connectivity index (χ0n) is 18.0. The van der Waals surface area contributed by atoms with Crippen LogP contribution in [0, 0.1) is 5.82 Å². The number of piperidine rings is 1. The number of likely N-dealkylation sites (tertiary alicyclic amines) is 1. The van der Waals surface area contributed by atoms with Crippen LogP contribution in [0.25, 0.3) is 0 Å². The van der Waals surface area contributed by atoms with Gasteiger partial charge in [0.05, 0.1) is 11.3 Å². The molecule has 168 valence electrons. The summed E-state index contributed by atoms with van der Waals surface area (Å²) in [6.45, 7) is 7.03. The number of hydrogen-bond acceptors (Lipinski definition) is 4. The molecule has 1 saturated heterocycles. The van der Waals surface area contributed by atoms with E-state index in [4.69, 9.17) is 0 Å². The number of hydrogen-bond donors (Lipinski definition) is 2. The predicted octanol–water partition coefficient (Wildman–Crippen LogP) is 3.55. The van der Waals surface area contributed by atoms with Gasteiger partial charge in [0.15, 0.2) is 0 Å². The Balaban J connectivity index is 1.52. The molecular formula is C23H30FN3O3S. The first-order valence-electron chi connectivity index (χ1n) is 10.5. The molecule has 1 aliphatic heterocycles. The van der Waals surface area contributed by atoms with E-state index in [9.17, 15) is 17.6 Å². The van der Waals surface area contributed by atoms with Gasteiger partial charge in [0.2, 0.25) is 5.91 Å². The lowest BCUT2D eigenvalue weighted by Gasteiger charge is -2.41. The Morgan fingerprint density at radius 3 is 2.23 bits per heavy atom. The second-order valence-electron chi connectivity index (χ2n) is 8.57. The van der Waals surface area contributed by atoms with E-state index in [0.717, 1.165) is 30.8 Å². The third-order valence-electron chi connectivity index (χ3n) is 5.63. The Labute approximate surface area is 183 Å². The van der Waals surface area contributed by atoms with Crippen molar-refractivity contribution in [2.24, 2.45) is 0 Å².